The number of aromatic nitrogens is 1. The Morgan fingerprint density at radius 1 is 1.05 bits per heavy atom. The number of hydrogen-bond donors (Lipinski definition) is 1. The van der Waals surface area contributed by atoms with Gasteiger partial charge in [-0.3, -0.25) is 0 Å². The van der Waals surface area contributed by atoms with E-state index in [2.05, 4.69) is 48.7 Å². The summed E-state index contributed by atoms with van der Waals surface area (Å²) >= 11 is 0. The van der Waals surface area contributed by atoms with Gasteiger partial charge in [0.1, 0.15) is 5.75 Å². The summed E-state index contributed by atoms with van der Waals surface area (Å²) in [6.45, 7) is 5.82. The van der Waals surface area contributed by atoms with Crippen molar-refractivity contribution in [3.05, 3.63) is 42.0 Å². The highest BCUT2D eigenvalue weighted by Crippen LogP contribution is 2.38. The minimum absolute atomic E-state index is 0.000615. The van der Waals surface area contributed by atoms with Crippen LogP contribution in [0.2, 0.25) is 0 Å². The van der Waals surface area contributed by atoms with Gasteiger partial charge < -0.3 is 14.4 Å². The van der Waals surface area contributed by atoms with Crippen LogP contribution in [-0.4, -0.2) is 16.3 Å². The van der Waals surface area contributed by atoms with Gasteiger partial charge in [-0.05, 0) is 25.5 Å². The van der Waals surface area contributed by atoms with Crippen molar-refractivity contribution in [1.82, 2.24) is 4.57 Å². The molecule has 0 bridgehead atoms. The average molecular weight is 283 g/mol. The summed E-state index contributed by atoms with van der Waals surface area (Å²) in [7, 11) is 0. The maximum absolute atomic E-state index is 9.63. The van der Waals surface area contributed by atoms with E-state index < -0.39 is 0 Å². The number of aliphatic hydroxyl groups is 1. The number of ether oxygens (including phenoxy) is 1. The molecule has 3 aromatic rings. The number of aryl methyl sites for hydroxylation is 1. The summed E-state index contributed by atoms with van der Waals surface area (Å²) in [6, 6.07) is 12.4. The summed E-state index contributed by atoms with van der Waals surface area (Å²) in [5.74, 6) is 0.834. The molecule has 0 unspecified atom stereocenters. The lowest BCUT2D eigenvalue weighted by atomic mass is 10.1. The van der Waals surface area contributed by atoms with Gasteiger partial charge >= 0.3 is 0 Å². The smallest absolute Gasteiger partial charge is 0.134 e. The van der Waals surface area contributed by atoms with E-state index in [0.717, 1.165) is 29.7 Å². The lowest BCUT2D eigenvalue weighted by Crippen LogP contribution is -2.00. The number of fused-ring (bicyclic) bond motifs is 3. The van der Waals surface area contributed by atoms with Crippen molar-refractivity contribution in [2.75, 3.05) is 6.61 Å². The van der Waals surface area contributed by atoms with E-state index in [0.29, 0.717) is 6.61 Å². The summed E-state index contributed by atoms with van der Waals surface area (Å²) in [6.07, 6.45) is 0.952. The highest BCUT2D eigenvalue weighted by Gasteiger charge is 2.16. The van der Waals surface area contributed by atoms with Crippen LogP contribution in [0.3, 0.4) is 0 Å². The molecule has 0 saturated carbocycles. The Morgan fingerprint density at radius 3 is 2.57 bits per heavy atom. The first-order valence-corrected chi connectivity index (χ1v) is 7.58. The van der Waals surface area contributed by atoms with E-state index in [4.69, 9.17) is 4.74 Å². The molecule has 0 aliphatic rings. The molecule has 110 valence electrons. The zero-order valence-electron chi connectivity index (χ0n) is 12.6. The van der Waals surface area contributed by atoms with Crippen LogP contribution in [0.25, 0.3) is 21.8 Å². The van der Waals surface area contributed by atoms with Crippen LogP contribution in [0, 0.1) is 0 Å². The van der Waals surface area contributed by atoms with Gasteiger partial charge in [0.2, 0.25) is 0 Å². The second kappa shape index (κ2) is 5.78. The van der Waals surface area contributed by atoms with Crippen molar-refractivity contribution < 1.29 is 9.84 Å². The van der Waals surface area contributed by atoms with Crippen LogP contribution in [-0.2, 0) is 13.2 Å². The number of aliphatic hydroxyl groups excluding tert-OH is 1. The summed E-state index contributed by atoms with van der Waals surface area (Å²) in [5, 5.41) is 11.9. The topological polar surface area (TPSA) is 34.4 Å². The number of nitrogens with zero attached hydrogens (tertiary/aromatic N) is 1. The second-order valence-corrected chi connectivity index (χ2v) is 5.22. The molecule has 1 N–H and O–H groups in total. The largest absolute Gasteiger partial charge is 0.492 e. The van der Waals surface area contributed by atoms with E-state index in [-0.39, 0.29) is 6.61 Å². The predicted octanol–water partition coefficient (Wildman–Crippen LogP) is 4.10. The average Bonchev–Trinajstić information content (AvgIpc) is 2.86. The van der Waals surface area contributed by atoms with Gasteiger partial charge in [-0.15, -0.1) is 0 Å². The predicted molar refractivity (Wildman–Crippen MR) is 86.8 cm³/mol. The van der Waals surface area contributed by atoms with Crippen LogP contribution >= 0.6 is 0 Å². The van der Waals surface area contributed by atoms with Crippen LogP contribution in [0.15, 0.2) is 36.4 Å². The molecular formula is C18H21NO2. The molecule has 0 aliphatic carbocycles. The van der Waals surface area contributed by atoms with Crippen LogP contribution in [0.5, 0.6) is 5.75 Å². The SMILES string of the molecule is CCCOc1c(CO)ccc2c1c1ccccc1n2CC. The van der Waals surface area contributed by atoms with Crippen molar-refractivity contribution in [3.8, 4) is 5.75 Å². The van der Waals surface area contributed by atoms with Crippen LogP contribution in [0.1, 0.15) is 25.8 Å². The molecule has 21 heavy (non-hydrogen) atoms. The molecule has 3 nitrogen and oxygen atoms in total. The Hall–Kier alpha value is -2.00. The van der Waals surface area contributed by atoms with Crippen molar-refractivity contribution >= 4 is 21.8 Å². The zero-order chi connectivity index (χ0) is 14.8. The Morgan fingerprint density at radius 2 is 1.86 bits per heavy atom. The molecule has 1 aromatic heterocycles. The van der Waals surface area contributed by atoms with E-state index in [9.17, 15) is 5.11 Å². The lowest BCUT2D eigenvalue weighted by molar-refractivity contribution is 0.264. The van der Waals surface area contributed by atoms with Crippen LogP contribution in [0.4, 0.5) is 0 Å². The highest BCUT2D eigenvalue weighted by atomic mass is 16.5. The van der Waals surface area contributed by atoms with Gasteiger partial charge in [0, 0.05) is 28.4 Å². The molecule has 0 atom stereocenters. The van der Waals surface area contributed by atoms with Crippen molar-refractivity contribution in [2.45, 2.75) is 33.4 Å². The molecule has 0 radical (unpaired) electrons. The van der Waals surface area contributed by atoms with Gasteiger partial charge in [0.05, 0.1) is 18.7 Å². The number of para-hydroxylation sites is 1. The first-order chi connectivity index (χ1) is 10.3. The maximum Gasteiger partial charge on any atom is 0.134 e. The Labute approximate surface area is 124 Å². The molecule has 0 amide bonds. The molecule has 1 heterocycles. The monoisotopic (exact) mass is 283 g/mol. The zero-order valence-corrected chi connectivity index (χ0v) is 12.6. The Kier molecular flexibility index (Phi) is 3.84. The fourth-order valence-electron chi connectivity index (χ4n) is 2.99. The standard InChI is InChI=1S/C18H21NO2/c1-3-11-21-18-13(12-20)9-10-16-17(18)14-7-5-6-8-15(14)19(16)4-2/h5-10,20H,3-4,11-12H2,1-2H3. The fraction of sp³-hybridized carbons (Fsp3) is 0.333. The maximum atomic E-state index is 9.63. The molecule has 0 aliphatic heterocycles. The molecule has 0 fully saturated rings. The molecule has 3 heteroatoms. The lowest BCUT2D eigenvalue weighted by Gasteiger charge is -2.12. The molecular weight excluding hydrogens is 262 g/mol. The minimum Gasteiger partial charge on any atom is -0.492 e. The quantitative estimate of drug-likeness (QED) is 0.765. The fourth-order valence-corrected chi connectivity index (χ4v) is 2.99. The van der Waals surface area contributed by atoms with E-state index in [1.165, 1.54) is 16.4 Å². The van der Waals surface area contributed by atoms with Gasteiger partial charge in [-0.2, -0.15) is 0 Å². The minimum atomic E-state index is 0.000615. The van der Waals surface area contributed by atoms with Gasteiger partial charge in [-0.25, -0.2) is 0 Å². The summed E-state index contributed by atoms with van der Waals surface area (Å²) in [5.41, 5.74) is 3.24. The third-order valence-corrected chi connectivity index (χ3v) is 3.91. The molecule has 0 spiro atoms. The van der Waals surface area contributed by atoms with E-state index in [1.807, 2.05) is 6.07 Å². The Bertz CT molecular complexity index is 774. The summed E-state index contributed by atoms with van der Waals surface area (Å²) < 4.78 is 8.28. The van der Waals surface area contributed by atoms with E-state index in [1.54, 1.807) is 0 Å². The summed E-state index contributed by atoms with van der Waals surface area (Å²) in [4.78, 5) is 0. The molecule has 2 aromatic carbocycles. The Balaban J connectivity index is 2.40. The van der Waals surface area contributed by atoms with Gasteiger partial charge in [0.25, 0.3) is 0 Å². The highest BCUT2D eigenvalue weighted by molar-refractivity contribution is 6.11. The van der Waals surface area contributed by atoms with Gasteiger partial charge in [0.15, 0.2) is 0 Å². The number of hydrogen-bond acceptors (Lipinski definition) is 2. The molecule has 0 saturated heterocycles. The third-order valence-electron chi connectivity index (χ3n) is 3.91. The molecule has 3 rings (SSSR count). The van der Waals surface area contributed by atoms with E-state index >= 15 is 0 Å². The van der Waals surface area contributed by atoms with Crippen molar-refractivity contribution in [2.24, 2.45) is 0 Å². The first kappa shape index (κ1) is 14.0. The van der Waals surface area contributed by atoms with Crippen molar-refractivity contribution in [3.63, 3.8) is 0 Å². The van der Waals surface area contributed by atoms with Gasteiger partial charge in [-0.1, -0.05) is 31.2 Å². The van der Waals surface area contributed by atoms with Crippen molar-refractivity contribution in [1.29, 1.82) is 0 Å². The number of rotatable bonds is 5. The first-order valence-electron chi connectivity index (χ1n) is 7.58. The van der Waals surface area contributed by atoms with Crippen LogP contribution < -0.4 is 4.74 Å². The third kappa shape index (κ3) is 2.18. The number of benzene rings is 2. The normalized spacial score (nSPS) is 11.4. The second-order valence-electron chi connectivity index (χ2n) is 5.22.